The molecule has 1 aromatic heterocycles. The molecule has 2 aromatic rings. The first-order valence-electron chi connectivity index (χ1n) is 8.88. The van der Waals surface area contributed by atoms with Crippen LogP contribution in [0.1, 0.15) is 55.0 Å². The summed E-state index contributed by atoms with van der Waals surface area (Å²) in [6.07, 6.45) is 5.21. The van der Waals surface area contributed by atoms with Gasteiger partial charge in [-0.2, -0.15) is 0 Å². The number of aryl methyl sites for hydroxylation is 1. The van der Waals surface area contributed by atoms with Crippen LogP contribution in [-0.2, 0) is 16.6 Å². The number of hydrogen-bond acceptors (Lipinski definition) is 2. The summed E-state index contributed by atoms with van der Waals surface area (Å²) in [5, 5.41) is 3.20. The van der Waals surface area contributed by atoms with Crippen LogP contribution in [0.2, 0.25) is 0 Å². The Balaban J connectivity index is 1.60. The molecule has 1 aromatic carbocycles. The summed E-state index contributed by atoms with van der Waals surface area (Å²) < 4.78 is 13.2. The minimum atomic E-state index is -0.548. The third-order valence-corrected chi connectivity index (χ3v) is 5.68. The van der Waals surface area contributed by atoms with E-state index in [4.69, 9.17) is 0 Å². The lowest BCUT2D eigenvalue weighted by Gasteiger charge is -2.42. The molecule has 0 bridgehead atoms. The number of rotatable bonds is 3. The van der Waals surface area contributed by atoms with Crippen molar-refractivity contribution < 1.29 is 9.18 Å². The Morgan fingerprint density at radius 1 is 1.12 bits per heavy atom. The van der Waals surface area contributed by atoms with E-state index in [1.165, 1.54) is 18.2 Å². The Bertz CT molecular complexity index is 853. The van der Waals surface area contributed by atoms with Gasteiger partial charge < -0.3 is 10.3 Å². The van der Waals surface area contributed by atoms with Crippen molar-refractivity contribution in [1.29, 1.82) is 0 Å². The van der Waals surface area contributed by atoms with Gasteiger partial charge in [-0.15, -0.1) is 0 Å². The van der Waals surface area contributed by atoms with E-state index < -0.39 is 5.41 Å². The van der Waals surface area contributed by atoms with E-state index in [-0.39, 0.29) is 23.3 Å². The molecule has 0 saturated heterocycles. The van der Waals surface area contributed by atoms with Crippen molar-refractivity contribution in [1.82, 2.24) is 10.3 Å². The van der Waals surface area contributed by atoms with Crippen LogP contribution in [0.3, 0.4) is 0 Å². The van der Waals surface area contributed by atoms with Crippen LogP contribution in [-0.4, -0.2) is 10.9 Å². The number of pyridine rings is 1. The maximum atomic E-state index is 13.2. The van der Waals surface area contributed by atoms with E-state index in [9.17, 15) is 14.0 Å². The summed E-state index contributed by atoms with van der Waals surface area (Å²) in [5.41, 5.74) is 2.16. The molecule has 130 valence electrons. The predicted octanol–water partition coefficient (Wildman–Crippen LogP) is 3.13. The fourth-order valence-electron chi connectivity index (χ4n) is 4.09. The Hall–Kier alpha value is -2.43. The molecule has 0 aliphatic heterocycles. The molecule has 2 aliphatic carbocycles. The van der Waals surface area contributed by atoms with Crippen LogP contribution in [0.4, 0.5) is 4.39 Å². The highest BCUT2D eigenvalue weighted by Gasteiger charge is 2.46. The number of aromatic amines is 1. The average Bonchev–Trinajstić information content (AvgIpc) is 2.55. The fourth-order valence-corrected chi connectivity index (χ4v) is 4.09. The molecule has 0 spiro atoms. The summed E-state index contributed by atoms with van der Waals surface area (Å²) in [6.45, 7) is 0. The monoisotopic (exact) mass is 340 g/mol. The van der Waals surface area contributed by atoms with Gasteiger partial charge in [-0.25, -0.2) is 4.39 Å². The lowest BCUT2D eigenvalue weighted by molar-refractivity contribution is -0.130. The molecular weight excluding hydrogens is 319 g/mol. The molecule has 1 amide bonds. The molecule has 2 aliphatic rings. The Morgan fingerprint density at radius 3 is 2.56 bits per heavy atom. The van der Waals surface area contributed by atoms with E-state index in [1.807, 2.05) is 6.07 Å². The zero-order valence-electron chi connectivity index (χ0n) is 14.0. The second-order valence-corrected chi connectivity index (χ2v) is 7.12. The van der Waals surface area contributed by atoms with Crippen molar-refractivity contribution in [3.8, 4) is 0 Å². The van der Waals surface area contributed by atoms with Gasteiger partial charge in [-0.3, -0.25) is 9.59 Å². The van der Waals surface area contributed by atoms with E-state index in [2.05, 4.69) is 10.3 Å². The minimum Gasteiger partial charge on any atom is -0.348 e. The molecule has 0 unspecified atom stereocenters. The highest BCUT2D eigenvalue weighted by Crippen LogP contribution is 2.44. The molecule has 2 N–H and O–H groups in total. The van der Waals surface area contributed by atoms with Crippen molar-refractivity contribution in [3.63, 3.8) is 0 Å². The first-order chi connectivity index (χ1) is 12.1. The fraction of sp³-hybridized carbons (Fsp3) is 0.400. The van der Waals surface area contributed by atoms with Crippen LogP contribution in [0.5, 0.6) is 0 Å². The highest BCUT2D eigenvalue weighted by atomic mass is 19.1. The molecular formula is C20H21FN2O2. The molecule has 4 rings (SSSR count). The van der Waals surface area contributed by atoms with Gasteiger partial charge in [0.15, 0.2) is 0 Å². The number of nitrogens with one attached hydrogen (secondary N) is 2. The highest BCUT2D eigenvalue weighted by molar-refractivity contribution is 5.89. The molecule has 1 atom stereocenters. The van der Waals surface area contributed by atoms with E-state index in [0.29, 0.717) is 0 Å². The van der Waals surface area contributed by atoms with Gasteiger partial charge in [0.25, 0.3) is 0 Å². The Kier molecular flexibility index (Phi) is 3.94. The van der Waals surface area contributed by atoms with Crippen LogP contribution in [0.15, 0.2) is 41.2 Å². The van der Waals surface area contributed by atoms with Crippen LogP contribution < -0.4 is 10.9 Å². The number of fused-ring (bicyclic) bond motifs is 1. The molecule has 25 heavy (non-hydrogen) atoms. The number of hydrogen-bond donors (Lipinski definition) is 2. The molecule has 1 saturated carbocycles. The molecule has 4 nitrogen and oxygen atoms in total. The first kappa shape index (κ1) is 16.1. The third-order valence-electron chi connectivity index (χ3n) is 5.68. The maximum Gasteiger partial charge on any atom is 0.248 e. The smallest absolute Gasteiger partial charge is 0.248 e. The standard InChI is InChI=1S/C20H21FN2O2/c21-14-7-5-13(6-8-14)20(11-2-12-20)19(25)23-17-4-1-3-16-15(17)9-10-18(24)22-16/h5-10,17H,1-4,11-12H2,(H,22,24)(H,23,25)/t17-/m1/s1. The number of carbonyl (C=O) groups excluding carboxylic acids is 1. The van der Waals surface area contributed by atoms with E-state index >= 15 is 0 Å². The van der Waals surface area contributed by atoms with Gasteiger partial charge in [0.05, 0.1) is 11.5 Å². The summed E-state index contributed by atoms with van der Waals surface area (Å²) in [6, 6.07) is 9.55. The number of carbonyl (C=O) groups is 1. The third kappa shape index (κ3) is 2.77. The second kappa shape index (κ2) is 6.14. The van der Waals surface area contributed by atoms with Crippen LogP contribution in [0.25, 0.3) is 0 Å². The first-order valence-corrected chi connectivity index (χ1v) is 8.88. The topological polar surface area (TPSA) is 62.0 Å². The van der Waals surface area contributed by atoms with Gasteiger partial charge in [0.2, 0.25) is 11.5 Å². The molecule has 1 heterocycles. The number of halogens is 1. The Labute approximate surface area is 145 Å². The van der Waals surface area contributed by atoms with Crippen molar-refractivity contribution in [2.45, 2.75) is 50.0 Å². The van der Waals surface area contributed by atoms with Crippen LogP contribution in [0, 0.1) is 5.82 Å². The number of aromatic nitrogens is 1. The lowest BCUT2D eigenvalue weighted by atomic mass is 9.63. The van der Waals surface area contributed by atoms with Crippen LogP contribution >= 0.6 is 0 Å². The summed E-state index contributed by atoms with van der Waals surface area (Å²) in [5.74, 6) is -0.279. The quantitative estimate of drug-likeness (QED) is 0.902. The molecule has 0 radical (unpaired) electrons. The van der Waals surface area contributed by atoms with Gasteiger partial charge in [0.1, 0.15) is 5.82 Å². The van der Waals surface area contributed by atoms with Crippen molar-refractivity contribution >= 4 is 5.91 Å². The SMILES string of the molecule is O=C(N[C@@H]1CCCc2[nH]c(=O)ccc21)C1(c2ccc(F)cc2)CCC1. The molecule has 1 fully saturated rings. The van der Waals surface area contributed by atoms with Gasteiger partial charge in [0, 0.05) is 11.8 Å². The van der Waals surface area contributed by atoms with Crippen molar-refractivity contribution in [3.05, 3.63) is 69.4 Å². The molecule has 5 heteroatoms. The normalized spacial score (nSPS) is 21.1. The summed E-state index contributed by atoms with van der Waals surface area (Å²) >= 11 is 0. The van der Waals surface area contributed by atoms with Gasteiger partial charge in [-0.1, -0.05) is 18.6 Å². The number of benzene rings is 1. The Morgan fingerprint density at radius 2 is 1.88 bits per heavy atom. The number of H-pyrrole nitrogens is 1. The zero-order valence-corrected chi connectivity index (χ0v) is 14.0. The van der Waals surface area contributed by atoms with Crippen molar-refractivity contribution in [2.75, 3.05) is 0 Å². The van der Waals surface area contributed by atoms with E-state index in [1.54, 1.807) is 12.1 Å². The summed E-state index contributed by atoms with van der Waals surface area (Å²) in [7, 11) is 0. The summed E-state index contributed by atoms with van der Waals surface area (Å²) in [4.78, 5) is 27.5. The zero-order chi connectivity index (χ0) is 17.4. The second-order valence-electron chi connectivity index (χ2n) is 7.12. The maximum absolute atomic E-state index is 13.2. The lowest BCUT2D eigenvalue weighted by Crippen LogP contribution is -2.50. The van der Waals surface area contributed by atoms with Gasteiger partial charge >= 0.3 is 0 Å². The van der Waals surface area contributed by atoms with Gasteiger partial charge in [-0.05, 0) is 61.4 Å². The number of amides is 1. The van der Waals surface area contributed by atoms with Crippen molar-refractivity contribution in [2.24, 2.45) is 0 Å². The minimum absolute atomic E-state index is 0.00871. The van der Waals surface area contributed by atoms with E-state index in [0.717, 1.165) is 55.3 Å². The largest absolute Gasteiger partial charge is 0.348 e. The average molecular weight is 340 g/mol. The predicted molar refractivity (Wildman–Crippen MR) is 92.8 cm³/mol.